The number of carbonyl (C=O) groups excluding carboxylic acids is 1. The number of nitrogens with zero attached hydrogens (tertiary/aromatic N) is 1. The van der Waals surface area contributed by atoms with Crippen LogP contribution in [-0.2, 0) is 11.2 Å². The molecule has 0 unspecified atom stereocenters. The summed E-state index contributed by atoms with van der Waals surface area (Å²) in [4.78, 5) is 13.6. The average Bonchev–Trinajstić information content (AvgIpc) is 2.41. The lowest BCUT2D eigenvalue weighted by atomic mass is 10.0. The zero-order valence-corrected chi connectivity index (χ0v) is 12.0. The van der Waals surface area contributed by atoms with E-state index in [4.69, 9.17) is 5.73 Å². The standard InChI is InChI=1S/C14H22N2O4/c1-14(2,8-17)16(3)13(20)10(15)6-9-4-5-11(18)12(19)7-9/h4-5,7,10,17-19H,6,8,15H2,1-3H3/t10-/m0/s1. The quantitative estimate of drug-likeness (QED) is 0.577. The largest absolute Gasteiger partial charge is 0.504 e. The average molecular weight is 282 g/mol. The first-order chi connectivity index (χ1) is 9.19. The van der Waals surface area contributed by atoms with Crippen LogP contribution in [0.25, 0.3) is 0 Å². The third-order valence-electron chi connectivity index (χ3n) is 3.44. The highest BCUT2D eigenvalue weighted by Gasteiger charge is 2.30. The summed E-state index contributed by atoms with van der Waals surface area (Å²) in [7, 11) is 1.59. The van der Waals surface area contributed by atoms with Crippen LogP contribution in [0.3, 0.4) is 0 Å². The molecular formula is C14H22N2O4. The SMILES string of the molecule is CN(C(=O)[C@@H](N)Cc1ccc(O)c(O)c1)C(C)(C)CO. The van der Waals surface area contributed by atoms with Crippen molar-refractivity contribution in [3.05, 3.63) is 23.8 Å². The number of phenols is 2. The van der Waals surface area contributed by atoms with Crippen LogP contribution in [0.2, 0.25) is 0 Å². The number of likely N-dealkylation sites (N-methyl/N-ethyl adjacent to an activating group) is 1. The van der Waals surface area contributed by atoms with Crippen molar-refractivity contribution >= 4 is 5.91 Å². The number of carbonyl (C=O) groups is 1. The third kappa shape index (κ3) is 3.61. The number of benzene rings is 1. The maximum Gasteiger partial charge on any atom is 0.240 e. The molecule has 1 amide bonds. The molecular weight excluding hydrogens is 260 g/mol. The second kappa shape index (κ2) is 6.11. The molecule has 0 aromatic heterocycles. The first-order valence-corrected chi connectivity index (χ1v) is 6.34. The molecule has 1 rings (SSSR count). The highest BCUT2D eigenvalue weighted by molar-refractivity contribution is 5.82. The van der Waals surface area contributed by atoms with Crippen LogP contribution < -0.4 is 5.73 Å². The Labute approximate surface area is 118 Å². The monoisotopic (exact) mass is 282 g/mol. The maximum absolute atomic E-state index is 12.2. The second-order valence-corrected chi connectivity index (χ2v) is 5.50. The normalized spacial score (nSPS) is 13.1. The summed E-state index contributed by atoms with van der Waals surface area (Å²) in [6, 6.07) is 3.54. The zero-order chi connectivity index (χ0) is 15.5. The molecule has 0 saturated heterocycles. The lowest BCUT2D eigenvalue weighted by Crippen LogP contribution is -2.53. The van der Waals surface area contributed by atoms with Gasteiger partial charge in [-0.2, -0.15) is 0 Å². The fourth-order valence-electron chi connectivity index (χ4n) is 1.69. The first kappa shape index (κ1) is 16.3. The number of aliphatic hydroxyl groups is 1. The van der Waals surface area contributed by atoms with E-state index in [1.54, 1.807) is 27.0 Å². The van der Waals surface area contributed by atoms with Crippen molar-refractivity contribution in [2.45, 2.75) is 31.8 Å². The fraction of sp³-hybridized carbons (Fsp3) is 0.500. The molecule has 0 heterocycles. The van der Waals surface area contributed by atoms with Crippen molar-refractivity contribution in [1.82, 2.24) is 4.90 Å². The van der Waals surface area contributed by atoms with Crippen LogP contribution in [0.15, 0.2) is 18.2 Å². The minimum atomic E-state index is -0.783. The Bertz CT molecular complexity index is 488. The number of hydrogen-bond donors (Lipinski definition) is 4. The van der Waals surface area contributed by atoms with Crippen molar-refractivity contribution in [3.8, 4) is 11.5 Å². The van der Waals surface area contributed by atoms with Gasteiger partial charge in [-0.3, -0.25) is 4.79 Å². The van der Waals surface area contributed by atoms with Gasteiger partial charge in [0.05, 0.1) is 18.2 Å². The molecule has 0 saturated carbocycles. The lowest BCUT2D eigenvalue weighted by Gasteiger charge is -2.35. The van der Waals surface area contributed by atoms with Gasteiger partial charge >= 0.3 is 0 Å². The third-order valence-corrected chi connectivity index (χ3v) is 3.44. The molecule has 6 nitrogen and oxygen atoms in total. The van der Waals surface area contributed by atoms with Gasteiger partial charge < -0.3 is 26.0 Å². The van der Waals surface area contributed by atoms with Crippen molar-refractivity contribution in [2.24, 2.45) is 5.73 Å². The zero-order valence-electron chi connectivity index (χ0n) is 12.0. The first-order valence-electron chi connectivity index (χ1n) is 6.34. The molecule has 0 fully saturated rings. The molecule has 0 spiro atoms. The maximum atomic E-state index is 12.2. The predicted molar refractivity (Wildman–Crippen MR) is 75.4 cm³/mol. The summed E-state index contributed by atoms with van der Waals surface area (Å²) in [5.74, 6) is -0.755. The summed E-state index contributed by atoms with van der Waals surface area (Å²) in [6.45, 7) is 3.32. The van der Waals surface area contributed by atoms with E-state index in [0.29, 0.717) is 5.56 Å². The minimum Gasteiger partial charge on any atom is -0.504 e. The van der Waals surface area contributed by atoms with E-state index < -0.39 is 11.6 Å². The molecule has 20 heavy (non-hydrogen) atoms. The molecule has 1 aromatic carbocycles. The van der Waals surface area contributed by atoms with Crippen molar-refractivity contribution in [1.29, 1.82) is 0 Å². The van der Waals surface area contributed by atoms with Gasteiger partial charge in [-0.05, 0) is 38.0 Å². The summed E-state index contributed by atoms with van der Waals surface area (Å²) in [5.41, 5.74) is 5.83. The van der Waals surface area contributed by atoms with E-state index >= 15 is 0 Å². The molecule has 1 atom stereocenters. The molecule has 112 valence electrons. The van der Waals surface area contributed by atoms with E-state index in [1.807, 2.05) is 0 Å². The van der Waals surface area contributed by atoms with Crippen molar-refractivity contribution in [2.75, 3.05) is 13.7 Å². The predicted octanol–water partition coefficient (Wildman–Crippen LogP) is 0.197. The van der Waals surface area contributed by atoms with Gasteiger partial charge in [0.1, 0.15) is 0 Å². The van der Waals surface area contributed by atoms with E-state index in [0.717, 1.165) is 0 Å². The van der Waals surface area contributed by atoms with Gasteiger partial charge in [0, 0.05) is 7.05 Å². The number of amides is 1. The molecule has 1 aromatic rings. The topological polar surface area (TPSA) is 107 Å². The van der Waals surface area contributed by atoms with Gasteiger partial charge in [-0.25, -0.2) is 0 Å². The number of aromatic hydroxyl groups is 2. The molecule has 5 N–H and O–H groups in total. The van der Waals surface area contributed by atoms with Crippen LogP contribution in [0.1, 0.15) is 19.4 Å². The smallest absolute Gasteiger partial charge is 0.240 e. The fourth-order valence-corrected chi connectivity index (χ4v) is 1.69. The van der Waals surface area contributed by atoms with E-state index in [2.05, 4.69) is 0 Å². The highest BCUT2D eigenvalue weighted by Crippen LogP contribution is 2.25. The molecule has 0 aliphatic rings. The van der Waals surface area contributed by atoms with Crippen LogP contribution in [-0.4, -0.2) is 51.4 Å². The van der Waals surface area contributed by atoms with Crippen LogP contribution in [0.5, 0.6) is 11.5 Å². The van der Waals surface area contributed by atoms with Crippen molar-refractivity contribution in [3.63, 3.8) is 0 Å². The Morgan fingerprint density at radius 2 is 1.95 bits per heavy atom. The molecule has 0 bridgehead atoms. The van der Waals surface area contributed by atoms with E-state index in [1.165, 1.54) is 17.0 Å². The number of rotatable bonds is 5. The van der Waals surface area contributed by atoms with E-state index in [-0.39, 0.29) is 30.4 Å². The Morgan fingerprint density at radius 3 is 2.45 bits per heavy atom. The van der Waals surface area contributed by atoms with Crippen LogP contribution >= 0.6 is 0 Å². The summed E-state index contributed by atoms with van der Waals surface area (Å²) in [6.07, 6.45) is 0.235. The van der Waals surface area contributed by atoms with Gasteiger partial charge in [0.15, 0.2) is 11.5 Å². The van der Waals surface area contributed by atoms with Crippen molar-refractivity contribution < 1.29 is 20.1 Å². The van der Waals surface area contributed by atoms with Gasteiger partial charge in [0.25, 0.3) is 0 Å². The Hall–Kier alpha value is -1.79. The highest BCUT2D eigenvalue weighted by atomic mass is 16.3. The summed E-state index contributed by atoms with van der Waals surface area (Å²) < 4.78 is 0. The Kier molecular flexibility index (Phi) is 4.97. The molecule has 0 aliphatic carbocycles. The van der Waals surface area contributed by atoms with Crippen LogP contribution in [0, 0.1) is 0 Å². The number of hydrogen-bond acceptors (Lipinski definition) is 5. The second-order valence-electron chi connectivity index (χ2n) is 5.50. The van der Waals surface area contributed by atoms with Gasteiger partial charge in [-0.15, -0.1) is 0 Å². The minimum absolute atomic E-state index is 0.165. The molecule has 0 radical (unpaired) electrons. The number of aliphatic hydroxyl groups excluding tert-OH is 1. The summed E-state index contributed by atoms with van der Waals surface area (Å²) >= 11 is 0. The Morgan fingerprint density at radius 1 is 1.35 bits per heavy atom. The number of phenolic OH excluding ortho intramolecular Hbond substituents is 2. The van der Waals surface area contributed by atoms with E-state index in [9.17, 15) is 20.1 Å². The van der Waals surface area contributed by atoms with Gasteiger partial charge in [0.2, 0.25) is 5.91 Å². The Balaban J connectivity index is 2.77. The molecule has 6 heteroatoms. The molecule has 0 aliphatic heterocycles. The number of nitrogens with two attached hydrogens (primary N) is 1. The van der Waals surface area contributed by atoms with Crippen LogP contribution in [0.4, 0.5) is 0 Å². The van der Waals surface area contributed by atoms with Gasteiger partial charge in [-0.1, -0.05) is 6.07 Å². The lowest BCUT2D eigenvalue weighted by molar-refractivity contribution is -0.137. The summed E-state index contributed by atoms with van der Waals surface area (Å²) in [5, 5.41) is 27.9.